The molecule has 4 amide bonds. The van der Waals surface area contributed by atoms with Crippen molar-refractivity contribution < 1.29 is 38.5 Å². The van der Waals surface area contributed by atoms with Crippen molar-refractivity contribution in [3.8, 4) is 33.6 Å². The number of aromatic amines is 2. The van der Waals surface area contributed by atoms with Gasteiger partial charge in [-0.15, -0.1) is 0 Å². The van der Waals surface area contributed by atoms with Crippen molar-refractivity contribution in [1.82, 2.24) is 40.4 Å². The first-order valence-electron chi connectivity index (χ1n) is 23.4. The summed E-state index contributed by atoms with van der Waals surface area (Å²) < 4.78 is 14.0. The van der Waals surface area contributed by atoms with Gasteiger partial charge < -0.3 is 49.7 Å². The average molecular weight is 921 g/mol. The maximum atomic E-state index is 13.9. The zero-order valence-corrected chi connectivity index (χ0v) is 40.4. The summed E-state index contributed by atoms with van der Waals surface area (Å²) in [5.74, 6) is 1.03. The lowest BCUT2D eigenvalue weighted by Crippen LogP contribution is -2.51. The van der Waals surface area contributed by atoms with E-state index >= 15 is 0 Å². The van der Waals surface area contributed by atoms with Gasteiger partial charge in [0.05, 0.1) is 63.3 Å². The van der Waals surface area contributed by atoms with Crippen LogP contribution in [-0.4, -0.2) is 119 Å². The van der Waals surface area contributed by atoms with E-state index in [0.717, 1.165) is 88.2 Å². The maximum absolute atomic E-state index is 13.9. The minimum atomic E-state index is -0.687. The van der Waals surface area contributed by atoms with Gasteiger partial charge in [-0.1, -0.05) is 90.1 Å². The van der Waals surface area contributed by atoms with E-state index in [1.54, 1.807) is 7.11 Å². The molecule has 16 nitrogen and oxygen atoms in total. The number of nitrogens with zero attached hydrogens (tertiary/aromatic N) is 4. The number of H-pyrrole nitrogens is 2. The van der Waals surface area contributed by atoms with Crippen LogP contribution >= 0.6 is 0 Å². The summed E-state index contributed by atoms with van der Waals surface area (Å²) in [6, 6.07) is 19.4. The summed E-state index contributed by atoms with van der Waals surface area (Å²) in [4.78, 5) is 71.8. The Morgan fingerprint density at radius 2 is 1.21 bits per heavy atom. The number of ether oxygens (including phenoxy) is 3. The van der Waals surface area contributed by atoms with E-state index in [2.05, 4.69) is 86.0 Å². The van der Waals surface area contributed by atoms with Crippen LogP contribution < -0.4 is 10.6 Å². The number of benzene rings is 3. The summed E-state index contributed by atoms with van der Waals surface area (Å²) in [6.07, 6.45) is 7.08. The lowest BCUT2D eigenvalue weighted by Gasteiger charge is -2.30. The van der Waals surface area contributed by atoms with Gasteiger partial charge in [-0.3, -0.25) is 9.59 Å². The largest absolute Gasteiger partial charge is 0.453 e. The molecule has 4 heterocycles. The molecule has 67 heavy (non-hydrogen) atoms. The van der Waals surface area contributed by atoms with Gasteiger partial charge in [0, 0.05) is 25.8 Å². The molecule has 4 atom stereocenters. The highest BCUT2D eigenvalue weighted by molar-refractivity contribution is 5.91. The van der Waals surface area contributed by atoms with Crippen LogP contribution in [0.2, 0.25) is 0 Å². The monoisotopic (exact) mass is 921 g/mol. The van der Waals surface area contributed by atoms with E-state index < -0.39 is 24.3 Å². The van der Waals surface area contributed by atoms with Crippen molar-refractivity contribution in [2.75, 3.05) is 47.6 Å². The molecule has 3 fully saturated rings. The van der Waals surface area contributed by atoms with Crippen molar-refractivity contribution in [3.63, 3.8) is 0 Å². The van der Waals surface area contributed by atoms with Crippen LogP contribution in [0.4, 0.5) is 9.59 Å². The normalized spacial score (nSPS) is 17.9. The summed E-state index contributed by atoms with van der Waals surface area (Å²) in [5, 5.41) is 15.6. The van der Waals surface area contributed by atoms with Crippen molar-refractivity contribution in [3.05, 3.63) is 84.7 Å². The number of fused-ring (bicyclic) bond motifs is 1. The number of nitrogens with one attached hydrogen (secondary N) is 4. The fourth-order valence-corrected chi connectivity index (χ4v) is 8.97. The predicted octanol–water partition coefficient (Wildman–Crippen LogP) is 8.42. The number of aliphatic hydroxyl groups excluding tert-OH is 1. The summed E-state index contributed by atoms with van der Waals surface area (Å²) in [7, 11) is 4.15. The molecule has 8 rings (SSSR count). The molecule has 360 valence electrons. The number of aliphatic hydroxyl groups is 1. The fraction of sp³-hybridized carbons (Fsp3) is 0.490. The maximum Gasteiger partial charge on any atom is 0.407 e. The highest BCUT2D eigenvalue weighted by Gasteiger charge is 2.55. The first-order chi connectivity index (χ1) is 32.3. The van der Waals surface area contributed by atoms with E-state index in [1.165, 1.54) is 14.2 Å². The van der Waals surface area contributed by atoms with E-state index in [-0.39, 0.29) is 47.8 Å². The molecule has 2 saturated heterocycles. The number of hydrogen-bond acceptors (Lipinski definition) is 10. The Balaban J connectivity index is 0.000000993. The molecule has 1 saturated carbocycles. The molecule has 2 aromatic heterocycles. The molecule has 1 spiro atoms. The summed E-state index contributed by atoms with van der Waals surface area (Å²) in [6.45, 7) is 13.5. The third-order valence-corrected chi connectivity index (χ3v) is 12.9. The molecule has 1 aliphatic carbocycles. The Labute approximate surface area is 393 Å². The highest BCUT2D eigenvalue weighted by Crippen LogP contribution is 2.58. The summed E-state index contributed by atoms with van der Waals surface area (Å²) >= 11 is 0. The SMILES string of the molecule is CC.COC(=O)N[C@H](C(=O)N1CCC[C@H]1c1ncc(-c2ccc(-c3ccc4cc(-c5cnc([C@@H]6CC7(CC7)CN6C(=O)[C@@H](NC(=O)OC)C(C)C)[nH]5)ccc4c3)cc2)[nH]1)C(C)C.COCCO. The van der Waals surface area contributed by atoms with Gasteiger partial charge in [-0.2, -0.15) is 0 Å². The van der Waals surface area contributed by atoms with Crippen LogP contribution in [0.1, 0.15) is 97.4 Å². The van der Waals surface area contributed by atoms with Crippen LogP contribution in [0, 0.1) is 17.3 Å². The molecule has 3 aliphatic rings. The number of hydrogen-bond donors (Lipinski definition) is 5. The van der Waals surface area contributed by atoms with Gasteiger partial charge in [0.2, 0.25) is 11.8 Å². The van der Waals surface area contributed by atoms with Crippen LogP contribution in [0.5, 0.6) is 0 Å². The number of imidazole rings is 2. The number of alkyl carbamates (subject to hydrolysis) is 2. The smallest absolute Gasteiger partial charge is 0.407 e. The Morgan fingerprint density at radius 3 is 1.72 bits per heavy atom. The van der Waals surface area contributed by atoms with Crippen LogP contribution in [0.3, 0.4) is 0 Å². The van der Waals surface area contributed by atoms with Crippen molar-refractivity contribution in [2.24, 2.45) is 17.3 Å². The molecule has 2 aliphatic heterocycles. The van der Waals surface area contributed by atoms with E-state index in [0.29, 0.717) is 19.7 Å². The van der Waals surface area contributed by atoms with E-state index in [1.807, 2.05) is 63.7 Å². The van der Waals surface area contributed by atoms with Gasteiger partial charge in [0.25, 0.3) is 0 Å². The van der Waals surface area contributed by atoms with Crippen molar-refractivity contribution in [2.45, 2.75) is 97.8 Å². The number of aromatic nitrogens is 4. The van der Waals surface area contributed by atoms with Crippen molar-refractivity contribution in [1.29, 1.82) is 0 Å². The topological polar surface area (TPSA) is 204 Å². The molecule has 5 N–H and O–H groups in total. The van der Waals surface area contributed by atoms with E-state index in [4.69, 9.17) is 24.5 Å². The predicted molar refractivity (Wildman–Crippen MR) is 258 cm³/mol. The van der Waals surface area contributed by atoms with Gasteiger partial charge in [-0.25, -0.2) is 19.6 Å². The molecule has 3 aromatic carbocycles. The fourth-order valence-electron chi connectivity index (χ4n) is 8.97. The van der Waals surface area contributed by atoms with Gasteiger partial charge in [0.1, 0.15) is 23.7 Å². The van der Waals surface area contributed by atoms with Gasteiger partial charge in [0.15, 0.2) is 0 Å². The summed E-state index contributed by atoms with van der Waals surface area (Å²) in [5.41, 5.74) is 6.04. The molecule has 0 bridgehead atoms. The first-order valence-corrected chi connectivity index (χ1v) is 23.4. The number of carbonyl (C=O) groups is 4. The number of likely N-dealkylation sites (tertiary alicyclic amines) is 2. The molecule has 0 radical (unpaired) electrons. The van der Waals surface area contributed by atoms with Gasteiger partial charge in [-0.05, 0) is 89.0 Å². The molecular formula is C51H68N8O8. The van der Waals surface area contributed by atoms with Crippen molar-refractivity contribution >= 4 is 34.8 Å². The number of rotatable bonds is 13. The van der Waals surface area contributed by atoms with Crippen LogP contribution in [-0.2, 0) is 23.8 Å². The zero-order valence-electron chi connectivity index (χ0n) is 40.4. The number of carbonyl (C=O) groups excluding carboxylic acids is 4. The second-order valence-electron chi connectivity index (χ2n) is 18.0. The highest BCUT2D eigenvalue weighted by atomic mass is 16.5. The zero-order chi connectivity index (χ0) is 48.4. The van der Waals surface area contributed by atoms with Gasteiger partial charge >= 0.3 is 12.2 Å². The second-order valence-corrected chi connectivity index (χ2v) is 18.0. The molecule has 16 heteroatoms. The Bertz CT molecular complexity index is 2460. The standard InChI is InChI=1S/C46H54N8O6.C3H8O2.C2H6/c1-26(2)38(51-44(57)59-5)42(55)53-19-7-8-36(53)40-47-23-34(49-40)29-11-9-28(10-12-29)30-13-14-32-21-33(16-15-31(32)20-30)35-24-48-41(50-35)37-22-46(17-18-46)25-54(37)43(56)39(27(3)4)52-45(58)60-6;1-5-3-2-4;1-2/h9-16,20-21,23-24,26-27,36-39H,7-8,17-19,22,25H2,1-6H3,(H,47,49)(H,48,50)(H,51,57)(H,52,58);4H,2-3H2,1H3;1-2H3/t36-,37-,38-,39-;;/m0../s1. The Morgan fingerprint density at radius 1 is 0.716 bits per heavy atom. The second kappa shape index (κ2) is 22.5. The molecule has 5 aromatic rings. The minimum absolute atomic E-state index is 0.104. The lowest BCUT2D eigenvalue weighted by atomic mass is 9.98. The molecular weight excluding hydrogens is 853 g/mol. The van der Waals surface area contributed by atoms with Crippen LogP contribution in [0.15, 0.2) is 73.1 Å². The van der Waals surface area contributed by atoms with Crippen LogP contribution in [0.25, 0.3) is 44.4 Å². The third kappa shape index (κ3) is 11.7. The average Bonchev–Trinajstić information content (AvgIpc) is 3.88. The number of methoxy groups -OCH3 is 3. The third-order valence-electron chi connectivity index (χ3n) is 12.9. The first kappa shape index (κ1) is 50.2. The number of amides is 4. The quantitative estimate of drug-likeness (QED) is 0.0763. The van der Waals surface area contributed by atoms with E-state index in [9.17, 15) is 19.2 Å². The minimum Gasteiger partial charge on any atom is -0.453 e. The molecule has 0 unspecified atom stereocenters. The Kier molecular flexibility index (Phi) is 16.8. The lowest BCUT2D eigenvalue weighted by molar-refractivity contribution is -0.136. The Hall–Kier alpha value is -6.26.